The minimum atomic E-state index is 0.0852. The van der Waals surface area contributed by atoms with Crippen LogP contribution < -0.4 is 0 Å². The average molecular weight is 340 g/mol. The lowest BCUT2D eigenvalue weighted by Crippen LogP contribution is -2.40. The van der Waals surface area contributed by atoms with Gasteiger partial charge in [-0.1, -0.05) is 61.5 Å². The maximum atomic E-state index is 11.1. The Labute approximate surface area is 153 Å². The van der Waals surface area contributed by atoms with E-state index in [1.807, 2.05) is 13.8 Å². The molecule has 0 fully saturated rings. The summed E-state index contributed by atoms with van der Waals surface area (Å²) in [6.07, 6.45) is 4.94. The monoisotopic (exact) mass is 339 g/mol. The van der Waals surface area contributed by atoms with Crippen LogP contribution in [0, 0.1) is 10.8 Å². The van der Waals surface area contributed by atoms with E-state index >= 15 is 0 Å². The maximum absolute atomic E-state index is 11.1. The minimum absolute atomic E-state index is 0.0852. The number of Topliss-reactive ketones (excluding diaryl/α,β-unsaturated/α-hetero) is 1. The average Bonchev–Trinajstić information content (AvgIpc) is 2.44. The molecule has 0 atom stereocenters. The zero-order valence-electron chi connectivity index (χ0n) is 18.6. The predicted molar refractivity (Wildman–Crippen MR) is 109 cm³/mol. The molecule has 0 saturated heterocycles. The van der Waals surface area contributed by atoms with Gasteiger partial charge < -0.3 is 9.69 Å². The van der Waals surface area contributed by atoms with E-state index in [4.69, 9.17) is 0 Å². The van der Waals surface area contributed by atoms with E-state index in [2.05, 4.69) is 67.0 Å². The highest BCUT2D eigenvalue weighted by molar-refractivity contribution is 5.75. The van der Waals surface area contributed by atoms with E-state index in [-0.39, 0.29) is 11.3 Å². The molecule has 0 rings (SSSR count). The number of ketones is 1. The smallest absolute Gasteiger partial charge is 0.130 e. The fraction of sp³-hybridized carbons (Fsp3) is 0.864. The van der Waals surface area contributed by atoms with E-state index in [1.54, 1.807) is 6.92 Å². The fourth-order valence-corrected chi connectivity index (χ4v) is 2.42. The van der Waals surface area contributed by atoms with Gasteiger partial charge in [0.2, 0.25) is 0 Å². The van der Waals surface area contributed by atoms with Crippen LogP contribution in [0.2, 0.25) is 0 Å². The second kappa shape index (κ2) is 10.3. The Bertz CT molecular complexity index is 385. The third kappa shape index (κ3) is 8.89. The van der Waals surface area contributed by atoms with Crippen LogP contribution in [-0.2, 0) is 4.79 Å². The second-order valence-corrected chi connectivity index (χ2v) is 9.13. The molecule has 144 valence electrons. The number of rotatable bonds is 9. The van der Waals surface area contributed by atoms with E-state index in [0.29, 0.717) is 17.3 Å². The summed E-state index contributed by atoms with van der Waals surface area (Å²) in [5, 5.41) is 0. The van der Waals surface area contributed by atoms with Gasteiger partial charge in [0.05, 0.1) is 0 Å². The Hall–Kier alpha value is -0.790. The molecule has 0 amide bonds. The van der Waals surface area contributed by atoms with Crippen molar-refractivity contribution in [3.8, 4) is 0 Å². The number of nitrogens with zero attached hydrogens (tertiary/aromatic N) is 1. The molecular weight excluding hydrogens is 294 g/mol. The summed E-state index contributed by atoms with van der Waals surface area (Å²) < 4.78 is 0. The molecule has 2 heteroatoms. The second-order valence-electron chi connectivity index (χ2n) is 9.13. The lowest BCUT2D eigenvalue weighted by molar-refractivity contribution is -0.117. The summed E-state index contributed by atoms with van der Waals surface area (Å²) in [7, 11) is 2.11. The largest absolute Gasteiger partial charge is 0.373 e. The summed E-state index contributed by atoms with van der Waals surface area (Å²) in [5.74, 6) is 0.235. The summed E-state index contributed by atoms with van der Waals surface area (Å²) in [6, 6.07) is 0. The highest BCUT2D eigenvalue weighted by Gasteiger charge is 2.33. The molecule has 0 aromatic heterocycles. The molecule has 0 heterocycles. The minimum Gasteiger partial charge on any atom is -0.373 e. The van der Waals surface area contributed by atoms with Gasteiger partial charge in [0.15, 0.2) is 0 Å². The third-order valence-corrected chi connectivity index (χ3v) is 5.77. The van der Waals surface area contributed by atoms with Crippen LogP contribution in [0.15, 0.2) is 12.3 Å². The molecule has 0 radical (unpaired) electrons. The van der Waals surface area contributed by atoms with Crippen molar-refractivity contribution in [1.82, 2.24) is 4.90 Å². The van der Waals surface area contributed by atoms with E-state index in [9.17, 15) is 4.79 Å². The number of hydrogen-bond donors (Lipinski definition) is 0. The van der Waals surface area contributed by atoms with Gasteiger partial charge >= 0.3 is 0 Å². The predicted octanol–water partition coefficient (Wildman–Crippen LogP) is 6.85. The highest BCUT2D eigenvalue weighted by Crippen LogP contribution is 2.42. The first-order chi connectivity index (χ1) is 10.7. The number of allylic oxidation sites excluding steroid dienone is 1. The first kappa shape index (κ1) is 25.5. The molecule has 24 heavy (non-hydrogen) atoms. The molecule has 0 N–H and O–H groups in total. The van der Waals surface area contributed by atoms with Crippen molar-refractivity contribution < 1.29 is 4.79 Å². The van der Waals surface area contributed by atoms with Gasteiger partial charge in [-0.3, -0.25) is 0 Å². The molecular formula is C22H45NO. The number of hydrogen-bond acceptors (Lipinski definition) is 2. The zero-order chi connectivity index (χ0) is 19.8. The first-order valence-corrected chi connectivity index (χ1v) is 9.62. The Morgan fingerprint density at radius 2 is 1.38 bits per heavy atom. The molecule has 0 aliphatic heterocycles. The Morgan fingerprint density at radius 3 is 1.75 bits per heavy atom. The van der Waals surface area contributed by atoms with E-state index in [0.717, 1.165) is 18.5 Å². The van der Waals surface area contributed by atoms with Crippen molar-refractivity contribution in [2.24, 2.45) is 10.8 Å². The number of carbonyl (C=O) groups excluding carboxylic acids is 1. The van der Waals surface area contributed by atoms with Crippen LogP contribution in [0.1, 0.15) is 101 Å². The summed E-state index contributed by atoms with van der Waals surface area (Å²) in [6.45, 7) is 26.1. The fourth-order valence-electron chi connectivity index (χ4n) is 2.42. The number of carbonyl (C=O) groups is 1. The molecule has 0 aliphatic carbocycles. The molecule has 0 spiro atoms. The quantitative estimate of drug-likeness (QED) is 0.458. The first-order valence-electron chi connectivity index (χ1n) is 9.62. The molecule has 0 aromatic rings. The maximum Gasteiger partial charge on any atom is 0.130 e. The van der Waals surface area contributed by atoms with Crippen LogP contribution in [0.4, 0.5) is 0 Å². The Kier molecular flexibility index (Phi) is 10.9. The summed E-state index contributed by atoms with van der Waals surface area (Å²) in [4.78, 5) is 13.4. The Balaban J connectivity index is 0. The molecule has 0 aromatic carbocycles. The van der Waals surface area contributed by atoms with Crippen molar-refractivity contribution in [2.75, 3.05) is 7.05 Å². The summed E-state index contributed by atoms with van der Waals surface area (Å²) >= 11 is 0. The standard InChI is InChI=1S/C20H39NO.C2H6/c1-16(12-13-17(2)22)21(10)20(8,9)15-11-14-19(6,7)18(3,4)5;1-2/h1,11-15H2,2-10H3;1-2H3. The molecule has 0 unspecified atom stereocenters. The van der Waals surface area contributed by atoms with Crippen molar-refractivity contribution in [3.05, 3.63) is 12.3 Å². The van der Waals surface area contributed by atoms with Crippen molar-refractivity contribution in [1.29, 1.82) is 0 Å². The van der Waals surface area contributed by atoms with Gasteiger partial charge in [-0.15, -0.1) is 0 Å². The zero-order valence-corrected chi connectivity index (χ0v) is 18.6. The van der Waals surface area contributed by atoms with Gasteiger partial charge in [0.1, 0.15) is 5.78 Å². The summed E-state index contributed by atoms with van der Waals surface area (Å²) in [5.41, 5.74) is 1.82. The van der Waals surface area contributed by atoms with Crippen LogP contribution in [0.5, 0.6) is 0 Å². The molecule has 0 bridgehead atoms. The van der Waals surface area contributed by atoms with Gasteiger partial charge in [0.25, 0.3) is 0 Å². The lowest BCUT2D eigenvalue weighted by atomic mass is 9.66. The van der Waals surface area contributed by atoms with Gasteiger partial charge in [-0.25, -0.2) is 0 Å². The van der Waals surface area contributed by atoms with Crippen molar-refractivity contribution in [2.45, 2.75) is 107 Å². The van der Waals surface area contributed by atoms with Gasteiger partial charge in [-0.05, 0) is 50.9 Å². The van der Waals surface area contributed by atoms with Crippen LogP contribution in [0.25, 0.3) is 0 Å². The van der Waals surface area contributed by atoms with E-state index < -0.39 is 0 Å². The molecule has 2 nitrogen and oxygen atoms in total. The van der Waals surface area contributed by atoms with Crippen LogP contribution in [-0.4, -0.2) is 23.3 Å². The van der Waals surface area contributed by atoms with Crippen LogP contribution in [0.3, 0.4) is 0 Å². The van der Waals surface area contributed by atoms with Crippen molar-refractivity contribution in [3.63, 3.8) is 0 Å². The van der Waals surface area contributed by atoms with E-state index in [1.165, 1.54) is 12.8 Å². The van der Waals surface area contributed by atoms with Crippen LogP contribution >= 0.6 is 0 Å². The SMILES string of the molecule is C=C(CCC(C)=O)N(C)C(C)(C)CCCC(C)(C)C(C)(C)C.CC. The third-order valence-electron chi connectivity index (χ3n) is 5.77. The highest BCUT2D eigenvalue weighted by atomic mass is 16.1. The molecule has 0 aliphatic rings. The molecule has 0 saturated carbocycles. The van der Waals surface area contributed by atoms with Gasteiger partial charge in [-0.2, -0.15) is 0 Å². The van der Waals surface area contributed by atoms with Crippen molar-refractivity contribution >= 4 is 5.78 Å². The van der Waals surface area contributed by atoms with Gasteiger partial charge in [0, 0.05) is 24.7 Å². The topological polar surface area (TPSA) is 20.3 Å². The normalized spacial score (nSPS) is 12.3. The Morgan fingerprint density at radius 1 is 0.917 bits per heavy atom. The lowest BCUT2D eigenvalue weighted by Gasteiger charge is -2.42.